The van der Waals surface area contributed by atoms with E-state index in [1.54, 1.807) is 19.1 Å². The van der Waals surface area contributed by atoms with Crippen molar-refractivity contribution < 1.29 is 13.9 Å². The van der Waals surface area contributed by atoms with Gasteiger partial charge in [0.15, 0.2) is 0 Å². The molecule has 0 aliphatic rings. The number of pyridine rings is 1. The van der Waals surface area contributed by atoms with Gasteiger partial charge in [-0.1, -0.05) is 6.07 Å². The molecule has 0 fully saturated rings. The summed E-state index contributed by atoms with van der Waals surface area (Å²) < 4.78 is 26.5. The van der Waals surface area contributed by atoms with Gasteiger partial charge in [-0.15, -0.1) is 0 Å². The van der Waals surface area contributed by atoms with Crippen LogP contribution >= 0.6 is 0 Å². The van der Waals surface area contributed by atoms with E-state index in [1.807, 2.05) is 6.92 Å². The molecular formula is C15H16F2N2O. The van der Waals surface area contributed by atoms with Crippen LogP contribution in [-0.4, -0.2) is 10.1 Å². The molecule has 0 bridgehead atoms. The summed E-state index contributed by atoms with van der Waals surface area (Å²) in [7, 11) is 0. The summed E-state index contributed by atoms with van der Waals surface area (Å²) in [5, 5.41) is 12.7. The van der Waals surface area contributed by atoms with Crippen LogP contribution in [0.1, 0.15) is 29.9 Å². The number of aryl methyl sites for hydroxylation is 1. The van der Waals surface area contributed by atoms with E-state index in [0.717, 1.165) is 11.8 Å². The number of halogens is 2. The SMILES string of the molecule is Cc1ccc(O)c(CNC(C)c2ccc(F)cc2F)n1. The summed E-state index contributed by atoms with van der Waals surface area (Å²) in [6, 6.07) is 6.45. The third-order valence-electron chi connectivity index (χ3n) is 3.09. The van der Waals surface area contributed by atoms with Crippen molar-refractivity contribution in [1.29, 1.82) is 0 Å². The van der Waals surface area contributed by atoms with Crippen LogP contribution in [-0.2, 0) is 6.54 Å². The smallest absolute Gasteiger partial charge is 0.138 e. The normalized spacial score (nSPS) is 12.4. The topological polar surface area (TPSA) is 45.1 Å². The third kappa shape index (κ3) is 3.30. The number of aromatic nitrogens is 1. The lowest BCUT2D eigenvalue weighted by Crippen LogP contribution is -2.20. The molecule has 0 aliphatic heterocycles. The Bertz CT molecular complexity index is 617. The molecule has 1 aromatic carbocycles. The lowest BCUT2D eigenvalue weighted by molar-refractivity contribution is 0.451. The summed E-state index contributed by atoms with van der Waals surface area (Å²) in [5.74, 6) is -1.10. The van der Waals surface area contributed by atoms with Crippen molar-refractivity contribution >= 4 is 0 Å². The minimum absolute atomic E-state index is 0.0925. The van der Waals surface area contributed by atoms with E-state index in [-0.39, 0.29) is 11.8 Å². The molecular weight excluding hydrogens is 262 g/mol. The molecule has 1 atom stereocenters. The maximum atomic E-state index is 13.6. The molecule has 0 saturated heterocycles. The maximum absolute atomic E-state index is 13.6. The standard InChI is InChI=1S/C15H16F2N2O/c1-9-3-6-15(20)14(19-9)8-18-10(2)12-5-4-11(16)7-13(12)17/h3-7,10,18,20H,8H2,1-2H3. The fourth-order valence-corrected chi connectivity index (χ4v) is 1.95. The van der Waals surface area contributed by atoms with Gasteiger partial charge < -0.3 is 10.4 Å². The van der Waals surface area contributed by atoms with Gasteiger partial charge in [0.2, 0.25) is 0 Å². The zero-order valence-electron chi connectivity index (χ0n) is 11.3. The van der Waals surface area contributed by atoms with Gasteiger partial charge in [-0.2, -0.15) is 0 Å². The van der Waals surface area contributed by atoms with Gasteiger partial charge in [-0.3, -0.25) is 4.98 Å². The largest absolute Gasteiger partial charge is 0.506 e. The molecule has 20 heavy (non-hydrogen) atoms. The van der Waals surface area contributed by atoms with E-state index >= 15 is 0 Å². The predicted molar refractivity (Wildman–Crippen MR) is 72.3 cm³/mol. The van der Waals surface area contributed by atoms with E-state index in [0.29, 0.717) is 17.8 Å². The van der Waals surface area contributed by atoms with E-state index in [4.69, 9.17) is 0 Å². The fourth-order valence-electron chi connectivity index (χ4n) is 1.95. The van der Waals surface area contributed by atoms with Crippen molar-refractivity contribution in [3.8, 4) is 5.75 Å². The molecule has 0 spiro atoms. The zero-order valence-corrected chi connectivity index (χ0v) is 11.3. The summed E-state index contributed by atoms with van der Waals surface area (Å²) in [6.07, 6.45) is 0. The summed E-state index contributed by atoms with van der Waals surface area (Å²) >= 11 is 0. The molecule has 1 aromatic heterocycles. The maximum Gasteiger partial charge on any atom is 0.138 e. The van der Waals surface area contributed by atoms with E-state index in [9.17, 15) is 13.9 Å². The second-order valence-corrected chi connectivity index (χ2v) is 4.69. The minimum Gasteiger partial charge on any atom is -0.506 e. The predicted octanol–water partition coefficient (Wildman–Crippen LogP) is 3.22. The van der Waals surface area contributed by atoms with Crippen molar-refractivity contribution in [2.24, 2.45) is 0 Å². The number of nitrogens with zero attached hydrogens (tertiary/aromatic N) is 1. The lowest BCUT2D eigenvalue weighted by Gasteiger charge is -2.15. The highest BCUT2D eigenvalue weighted by Crippen LogP contribution is 2.20. The molecule has 2 N–H and O–H groups in total. The number of rotatable bonds is 4. The molecule has 0 radical (unpaired) electrons. The molecule has 106 valence electrons. The first-order valence-corrected chi connectivity index (χ1v) is 6.31. The van der Waals surface area contributed by atoms with Crippen molar-refractivity contribution in [1.82, 2.24) is 10.3 Å². The Morgan fingerprint density at radius 1 is 1.25 bits per heavy atom. The molecule has 0 aliphatic carbocycles. The Kier molecular flexibility index (Phi) is 4.29. The zero-order chi connectivity index (χ0) is 14.7. The minimum atomic E-state index is -0.601. The van der Waals surface area contributed by atoms with Crippen LogP contribution in [0.25, 0.3) is 0 Å². The van der Waals surface area contributed by atoms with Gasteiger partial charge in [0.05, 0.1) is 5.69 Å². The van der Waals surface area contributed by atoms with Crippen LogP contribution in [0.3, 0.4) is 0 Å². The fraction of sp³-hybridized carbons (Fsp3) is 0.267. The van der Waals surface area contributed by atoms with Gasteiger partial charge in [0.1, 0.15) is 17.4 Å². The quantitative estimate of drug-likeness (QED) is 0.902. The van der Waals surface area contributed by atoms with Crippen LogP contribution < -0.4 is 5.32 Å². The molecule has 2 rings (SSSR count). The Morgan fingerprint density at radius 2 is 2.00 bits per heavy atom. The average molecular weight is 278 g/mol. The van der Waals surface area contributed by atoms with Crippen LogP contribution in [0.4, 0.5) is 8.78 Å². The molecule has 2 aromatic rings. The van der Waals surface area contributed by atoms with Crippen LogP contribution in [0.5, 0.6) is 5.75 Å². The molecule has 5 heteroatoms. The Balaban J connectivity index is 2.08. The summed E-state index contributed by atoms with van der Waals surface area (Å²) in [5.41, 5.74) is 1.66. The van der Waals surface area contributed by atoms with Gasteiger partial charge in [0, 0.05) is 29.9 Å². The van der Waals surface area contributed by atoms with Crippen LogP contribution in [0, 0.1) is 18.6 Å². The summed E-state index contributed by atoms with van der Waals surface area (Å²) in [6.45, 7) is 3.89. The van der Waals surface area contributed by atoms with Gasteiger partial charge in [-0.25, -0.2) is 8.78 Å². The third-order valence-corrected chi connectivity index (χ3v) is 3.09. The monoisotopic (exact) mass is 278 g/mol. The molecule has 0 amide bonds. The van der Waals surface area contributed by atoms with Crippen molar-refractivity contribution in [3.05, 3.63) is 58.9 Å². The van der Waals surface area contributed by atoms with E-state index in [1.165, 1.54) is 12.1 Å². The van der Waals surface area contributed by atoms with Crippen molar-refractivity contribution in [2.45, 2.75) is 26.4 Å². The molecule has 3 nitrogen and oxygen atoms in total. The van der Waals surface area contributed by atoms with Crippen molar-refractivity contribution in [3.63, 3.8) is 0 Å². The van der Waals surface area contributed by atoms with Gasteiger partial charge in [0.25, 0.3) is 0 Å². The van der Waals surface area contributed by atoms with E-state index in [2.05, 4.69) is 10.3 Å². The van der Waals surface area contributed by atoms with Gasteiger partial charge in [-0.05, 0) is 32.0 Å². The van der Waals surface area contributed by atoms with E-state index < -0.39 is 11.6 Å². The van der Waals surface area contributed by atoms with Crippen LogP contribution in [0.2, 0.25) is 0 Å². The first kappa shape index (κ1) is 14.4. The first-order valence-electron chi connectivity index (χ1n) is 6.31. The molecule has 0 saturated carbocycles. The Labute approximate surface area is 116 Å². The highest BCUT2D eigenvalue weighted by atomic mass is 19.1. The highest BCUT2D eigenvalue weighted by molar-refractivity contribution is 5.28. The number of hydrogen-bond donors (Lipinski definition) is 2. The number of benzene rings is 1. The van der Waals surface area contributed by atoms with Crippen LogP contribution in [0.15, 0.2) is 30.3 Å². The van der Waals surface area contributed by atoms with Crippen molar-refractivity contribution in [2.75, 3.05) is 0 Å². The first-order chi connectivity index (χ1) is 9.47. The highest BCUT2D eigenvalue weighted by Gasteiger charge is 2.12. The van der Waals surface area contributed by atoms with Gasteiger partial charge >= 0.3 is 0 Å². The lowest BCUT2D eigenvalue weighted by atomic mass is 10.1. The molecule has 1 heterocycles. The number of nitrogens with one attached hydrogen (secondary N) is 1. The average Bonchev–Trinajstić information content (AvgIpc) is 2.39. The Hall–Kier alpha value is -2.01. The summed E-state index contributed by atoms with van der Waals surface area (Å²) in [4.78, 5) is 4.21. The Morgan fingerprint density at radius 3 is 2.70 bits per heavy atom. The number of hydrogen-bond acceptors (Lipinski definition) is 3. The molecule has 1 unspecified atom stereocenters. The second-order valence-electron chi connectivity index (χ2n) is 4.69. The second kappa shape index (κ2) is 5.96. The number of aromatic hydroxyl groups is 1.